The number of carbonyl (C=O) groups is 1. The molecule has 2 atom stereocenters. The highest BCUT2D eigenvalue weighted by molar-refractivity contribution is 5.78. The van der Waals surface area contributed by atoms with Crippen LogP contribution < -0.4 is 5.73 Å². The quantitative estimate of drug-likeness (QED) is 0.772. The van der Waals surface area contributed by atoms with Crippen molar-refractivity contribution in [2.24, 2.45) is 17.6 Å². The van der Waals surface area contributed by atoms with Gasteiger partial charge in [-0.15, -0.1) is 0 Å². The van der Waals surface area contributed by atoms with Crippen molar-refractivity contribution in [3.8, 4) is 0 Å². The minimum atomic E-state index is 0.100. The smallest absolute Gasteiger partial charge is 0.225 e. The zero-order valence-electron chi connectivity index (χ0n) is 10.0. The maximum atomic E-state index is 12.0. The topological polar surface area (TPSA) is 46.3 Å². The van der Waals surface area contributed by atoms with Gasteiger partial charge >= 0.3 is 0 Å². The number of hydrogen-bond acceptors (Lipinski definition) is 2. The molecule has 1 amide bonds. The summed E-state index contributed by atoms with van der Waals surface area (Å²) in [5, 5.41) is 0. The van der Waals surface area contributed by atoms with Crippen molar-refractivity contribution in [2.45, 2.75) is 39.5 Å². The van der Waals surface area contributed by atoms with Crippen LogP contribution in [-0.4, -0.2) is 30.4 Å². The third-order valence-electron chi connectivity index (χ3n) is 3.35. The Morgan fingerprint density at radius 1 is 1.47 bits per heavy atom. The van der Waals surface area contributed by atoms with Crippen LogP contribution in [-0.2, 0) is 4.79 Å². The van der Waals surface area contributed by atoms with Crippen LogP contribution >= 0.6 is 0 Å². The molecule has 1 saturated heterocycles. The highest BCUT2D eigenvalue weighted by atomic mass is 16.2. The van der Waals surface area contributed by atoms with Gasteiger partial charge < -0.3 is 10.6 Å². The van der Waals surface area contributed by atoms with Gasteiger partial charge in [0.1, 0.15) is 0 Å². The SMILES string of the molecule is CC1CCCN(C(=O)C(C)CCN)CC1. The zero-order valence-corrected chi connectivity index (χ0v) is 10.0. The van der Waals surface area contributed by atoms with Crippen LogP contribution in [0.3, 0.4) is 0 Å². The lowest BCUT2D eigenvalue weighted by Gasteiger charge is -2.24. The van der Waals surface area contributed by atoms with Gasteiger partial charge in [-0.05, 0) is 38.1 Å². The number of hydrogen-bond donors (Lipinski definition) is 1. The molecule has 2 N–H and O–H groups in total. The summed E-state index contributed by atoms with van der Waals surface area (Å²) < 4.78 is 0. The number of rotatable bonds is 3. The minimum absolute atomic E-state index is 0.100. The predicted octanol–water partition coefficient (Wildman–Crippen LogP) is 1.62. The van der Waals surface area contributed by atoms with E-state index in [0.29, 0.717) is 12.5 Å². The Morgan fingerprint density at radius 3 is 2.87 bits per heavy atom. The second-order valence-electron chi connectivity index (χ2n) is 4.84. The van der Waals surface area contributed by atoms with Crippen LogP contribution in [0.15, 0.2) is 0 Å². The van der Waals surface area contributed by atoms with E-state index >= 15 is 0 Å². The van der Waals surface area contributed by atoms with Gasteiger partial charge in [0, 0.05) is 19.0 Å². The van der Waals surface area contributed by atoms with Crippen molar-refractivity contribution in [1.29, 1.82) is 0 Å². The van der Waals surface area contributed by atoms with E-state index in [1.807, 2.05) is 11.8 Å². The standard InChI is InChI=1S/C12H24N2O/c1-10-4-3-8-14(9-6-10)12(15)11(2)5-7-13/h10-11H,3-9,13H2,1-2H3. The van der Waals surface area contributed by atoms with Crippen molar-refractivity contribution in [3.05, 3.63) is 0 Å². The summed E-state index contributed by atoms with van der Waals surface area (Å²) in [6.45, 7) is 6.75. The summed E-state index contributed by atoms with van der Waals surface area (Å²) in [6.07, 6.45) is 4.38. The second-order valence-corrected chi connectivity index (χ2v) is 4.84. The lowest BCUT2D eigenvalue weighted by atomic mass is 10.0. The van der Waals surface area contributed by atoms with Gasteiger partial charge in [-0.25, -0.2) is 0 Å². The number of nitrogens with two attached hydrogens (primary N) is 1. The maximum Gasteiger partial charge on any atom is 0.225 e. The number of carbonyl (C=O) groups excluding carboxylic acids is 1. The molecular weight excluding hydrogens is 188 g/mol. The molecule has 88 valence electrons. The molecule has 0 aromatic carbocycles. The Morgan fingerprint density at radius 2 is 2.20 bits per heavy atom. The first-order valence-electron chi connectivity index (χ1n) is 6.14. The molecule has 0 spiro atoms. The van der Waals surface area contributed by atoms with E-state index in [9.17, 15) is 4.79 Å². The zero-order chi connectivity index (χ0) is 11.3. The van der Waals surface area contributed by atoms with Crippen molar-refractivity contribution in [3.63, 3.8) is 0 Å². The Bertz CT molecular complexity index is 206. The molecular formula is C12H24N2O. The first-order chi connectivity index (χ1) is 7.15. The Hall–Kier alpha value is -0.570. The van der Waals surface area contributed by atoms with Crippen LogP contribution in [0.4, 0.5) is 0 Å². The number of amides is 1. The van der Waals surface area contributed by atoms with Crippen LogP contribution in [0.2, 0.25) is 0 Å². The molecule has 1 aliphatic rings. The molecule has 0 saturated carbocycles. The summed E-state index contributed by atoms with van der Waals surface area (Å²) in [7, 11) is 0. The van der Waals surface area contributed by atoms with E-state index < -0.39 is 0 Å². The van der Waals surface area contributed by atoms with E-state index in [1.165, 1.54) is 6.42 Å². The Kier molecular flexibility index (Phi) is 5.09. The third-order valence-corrected chi connectivity index (χ3v) is 3.35. The minimum Gasteiger partial charge on any atom is -0.342 e. The van der Waals surface area contributed by atoms with Crippen molar-refractivity contribution >= 4 is 5.91 Å². The lowest BCUT2D eigenvalue weighted by molar-refractivity contribution is -0.135. The van der Waals surface area contributed by atoms with E-state index in [0.717, 1.165) is 38.3 Å². The van der Waals surface area contributed by atoms with Gasteiger partial charge in [0.2, 0.25) is 5.91 Å². The molecule has 0 bridgehead atoms. The molecule has 0 aromatic heterocycles. The maximum absolute atomic E-state index is 12.0. The molecule has 1 heterocycles. The highest BCUT2D eigenvalue weighted by Gasteiger charge is 2.22. The summed E-state index contributed by atoms with van der Waals surface area (Å²) in [5.74, 6) is 1.17. The lowest BCUT2D eigenvalue weighted by Crippen LogP contribution is -2.36. The summed E-state index contributed by atoms with van der Waals surface area (Å²) in [6, 6.07) is 0. The van der Waals surface area contributed by atoms with Crippen molar-refractivity contribution < 1.29 is 4.79 Å². The first-order valence-corrected chi connectivity index (χ1v) is 6.14. The van der Waals surface area contributed by atoms with Crippen LogP contribution in [0.5, 0.6) is 0 Å². The summed E-state index contributed by atoms with van der Waals surface area (Å²) in [5.41, 5.74) is 5.48. The van der Waals surface area contributed by atoms with Crippen LogP contribution in [0.1, 0.15) is 39.5 Å². The van der Waals surface area contributed by atoms with Crippen LogP contribution in [0, 0.1) is 11.8 Å². The van der Waals surface area contributed by atoms with Crippen molar-refractivity contribution in [2.75, 3.05) is 19.6 Å². The fourth-order valence-corrected chi connectivity index (χ4v) is 2.17. The molecule has 1 fully saturated rings. The summed E-state index contributed by atoms with van der Waals surface area (Å²) >= 11 is 0. The molecule has 2 unspecified atom stereocenters. The van der Waals surface area contributed by atoms with Gasteiger partial charge in [-0.2, -0.15) is 0 Å². The van der Waals surface area contributed by atoms with Gasteiger partial charge in [-0.3, -0.25) is 4.79 Å². The fraction of sp³-hybridized carbons (Fsp3) is 0.917. The van der Waals surface area contributed by atoms with E-state index in [2.05, 4.69) is 6.92 Å². The average Bonchev–Trinajstić information content (AvgIpc) is 2.42. The van der Waals surface area contributed by atoms with Gasteiger partial charge in [0.15, 0.2) is 0 Å². The molecule has 1 rings (SSSR count). The molecule has 3 nitrogen and oxygen atoms in total. The second kappa shape index (κ2) is 6.11. The molecule has 0 radical (unpaired) electrons. The fourth-order valence-electron chi connectivity index (χ4n) is 2.17. The molecule has 0 aliphatic carbocycles. The van der Waals surface area contributed by atoms with Crippen LogP contribution in [0.25, 0.3) is 0 Å². The largest absolute Gasteiger partial charge is 0.342 e. The third kappa shape index (κ3) is 3.82. The summed E-state index contributed by atoms with van der Waals surface area (Å²) in [4.78, 5) is 14.0. The Labute approximate surface area is 93.0 Å². The molecule has 3 heteroatoms. The van der Waals surface area contributed by atoms with Crippen molar-refractivity contribution in [1.82, 2.24) is 4.90 Å². The van der Waals surface area contributed by atoms with Gasteiger partial charge in [0.25, 0.3) is 0 Å². The molecule has 15 heavy (non-hydrogen) atoms. The number of nitrogens with zero attached hydrogens (tertiary/aromatic N) is 1. The van der Waals surface area contributed by atoms with Gasteiger partial charge in [-0.1, -0.05) is 13.8 Å². The Balaban J connectivity index is 2.44. The first kappa shape index (κ1) is 12.5. The average molecular weight is 212 g/mol. The van der Waals surface area contributed by atoms with Gasteiger partial charge in [0.05, 0.1) is 0 Å². The van der Waals surface area contributed by atoms with E-state index in [4.69, 9.17) is 5.73 Å². The highest BCUT2D eigenvalue weighted by Crippen LogP contribution is 2.18. The van der Waals surface area contributed by atoms with E-state index in [-0.39, 0.29) is 5.92 Å². The monoisotopic (exact) mass is 212 g/mol. The molecule has 1 aliphatic heterocycles. The normalized spacial score (nSPS) is 24.7. The molecule has 0 aromatic rings. The number of likely N-dealkylation sites (tertiary alicyclic amines) is 1. The predicted molar refractivity (Wildman–Crippen MR) is 62.4 cm³/mol. The van der Waals surface area contributed by atoms with E-state index in [1.54, 1.807) is 0 Å².